The largest absolute Gasteiger partial charge is 0.486 e. The fourth-order valence-electron chi connectivity index (χ4n) is 4.78. The van der Waals surface area contributed by atoms with Gasteiger partial charge in [0, 0.05) is 17.8 Å². The Balaban J connectivity index is 0.00000320. The number of hydrogen-bond donors (Lipinski definition) is 2. The van der Waals surface area contributed by atoms with Crippen LogP contribution >= 0.6 is 12.4 Å². The number of carbonyl (C=O) groups is 1. The number of halogens is 3. The van der Waals surface area contributed by atoms with Gasteiger partial charge in [0.25, 0.3) is 0 Å². The van der Waals surface area contributed by atoms with Crippen molar-refractivity contribution in [2.75, 3.05) is 18.0 Å². The molecular formula is C29H27ClF2N2O3. The Hall–Kier alpha value is -3.68. The standard InChI is InChI=1S/C29H26F2N2O3.ClH/c1-18(22-10-6-8-19-7-2-3-9-23(19)22)32-14-13-21-17-33(26-11-4-5-12-27(26)36-21)20-15-24(29(34)35)28(31)25(30)16-20;/h2-12,15-16,18,21,32H,13-14,17H2,1H3,(H,34,35);1H/t18-,21?;/m1./s1. The summed E-state index contributed by atoms with van der Waals surface area (Å²) in [6.45, 7) is 3.16. The van der Waals surface area contributed by atoms with Crippen LogP contribution in [0.2, 0.25) is 0 Å². The summed E-state index contributed by atoms with van der Waals surface area (Å²) in [7, 11) is 0. The van der Waals surface area contributed by atoms with Crippen LogP contribution in [0, 0.1) is 11.6 Å². The van der Waals surface area contributed by atoms with Gasteiger partial charge in [-0.15, -0.1) is 12.4 Å². The molecule has 4 aromatic rings. The summed E-state index contributed by atoms with van der Waals surface area (Å²) in [5.74, 6) is -3.47. The Morgan fingerprint density at radius 3 is 2.62 bits per heavy atom. The van der Waals surface area contributed by atoms with Crippen molar-refractivity contribution in [3.63, 3.8) is 0 Å². The summed E-state index contributed by atoms with van der Waals surface area (Å²) in [6.07, 6.45) is 0.420. The number of rotatable bonds is 7. The van der Waals surface area contributed by atoms with Gasteiger partial charge in [0.05, 0.1) is 12.2 Å². The topological polar surface area (TPSA) is 61.8 Å². The molecule has 1 heterocycles. The molecule has 1 aliphatic rings. The number of ether oxygens (including phenoxy) is 1. The smallest absolute Gasteiger partial charge is 0.338 e. The highest BCUT2D eigenvalue weighted by Gasteiger charge is 2.28. The van der Waals surface area contributed by atoms with Crippen molar-refractivity contribution in [2.45, 2.75) is 25.5 Å². The van der Waals surface area contributed by atoms with Crippen molar-refractivity contribution in [1.29, 1.82) is 0 Å². The van der Waals surface area contributed by atoms with Gasteiger partial charge in [-0.05, 0) is 54.4 Å². The molecule has 2 atom stereocenters. The fourth-order valence-corrected chi connectivity index (χ4v) is 4.78. The molecule has 192 valence electrons. The highest BCUT2D eigenvalue weighted by Crippen LogP contribution is 2.39. The third-order valence-electron chi connectivity index (χ3n) is 6.60. The van der Waals surface area contributed by atoms with Crippen LogP contribution in [0.3, 0.4) is 0 Å². The van der Waals surface area contributed by atoms with Gasteiger partial charge in [-0.2, -0.15) is 0 Å². The van der Waals surface area contributed by atoms with E-state index in [0.29, 0.717) is 30.9 Å². The van der Waals surface area contributed by atoms with Gasteiger partial charge in [0.15, 0.2) is 11.6 Å². The molecule has 0 amide bonds. The summed E-state index contributed by atoms with van der Waals surface area (Å²) < 4.78 is 34.5. The van der Waals surface area contributed by atoms with Crippen molar-refractivity contribution in [3.05, 3.63) is 102 Å². The zero-order chi connectivity index (χ0) is 25.2. The van der Waals surface area contributed by atoms with E-state index in [1.807, 2.05) is 36.4 Å². The quantitative estimate of drug-likeness (QED) is 0.276. The number of nitrogens with zero attached hydrogens (tertiary/aromatic N) is 1. The molecular weight excluding hydrogens is 498 g/mol. The number of hydrogen-bond acceptors (Lipinski definition) is 4. The lowest BCUT2D eigenvalue weighted by Crippen LogP contribution is -2.39. The molecule has 8 heteroatoms. The Morgan fingerprint density at radius 1 is 1.08 bits per heavy atom. The molecule has 0 spiro atoms. The highest BCUT2D eigenvalue weighted by atomic mass is 35.5. The third-order valence-corrected chi connectivity index (χ3v) is 6.60. The van der Waals surface area contributed by atoms with Crippen molar-refractivity contribution in [1.82, 2.24) is 5.32 Å². The van der Waals surface area contributed by atoms with E-state index >= 15 is 0 Å². The van der Waals surface area contributed by atoms with E-state index in [1.165, 1.54) is 22.4 Å². The molecule has 0 radical (unpaired) electrons. The molecule has 0 saturated heterocycles. The summed E-state index contributed by atoms with van der Waals surface area (Å²) in [5.41, 5.74) is 1.46. The summed E-state index contributed by atoms with van der Waals surface area (Å²) in [6, 6.07) is 24.2. The number of para-hydroxylation sites is 2. The molecule has 0 aliphatic carbocycles. The van der Waals surface area contributed by atoms with Gasteiger partial charge < -0.3 is 20.1 Å². The minimum Gasteiger partial charge on any atom is -0.486 e. The molecule has 37 heavy (non-hydrogen) atoms. The molecule has 4 aromatic carbocycles. The Bertz CT molecular complexity index is 1430. The normalized spacial score (nSPS) is 15.4. The molecule has 5 nitrogen and oxygen atoms in total. The van der Waals surface area contributed by atoms with Gasteiger partial charge in [-0.3, -0.25) is 0 Å². The van der Waals surface area contributed by atoms with E-state index in [9.17, 15) is 18.7 Å². The fraction of sp³-hybridized carbons (Fsp3) is 0.207. The zero-order valence-electron chi connectivity index (χ0n) is 20.2. The van der Waals surface area contributed by atoms with Crippen LogP contribution in [0.4, 0.5) is 20.2 Å². The van der Waals surface area contributed by atoms with E-state index in [4.69, 9.17) is 4.74 Å². The Morgan fingerprint density at radius 2 is 1.81 bits per heavy atom. The minimum absolute atomic E-state index is 0. The van der Waals surface area contributed by atoms with Crippen LogP contribution in [0.5, 0.6) is 5.75 Å². The molecule has 0 bridgehead atoms. The average molecular weight is 525 g/mol. The monoisotopic (exact) mass is 524 g/mol. The van der Waals surface area contributed by atoms with Crippen molar-refractivity contribution in [2.24, 2.45) is 0 Å². The average Bonchev–Trinajstić information content (AvgIpc) is 2.89. The number of benzene rings is 4. The number of nitrogens with one attached hydrogen (secondary N) is 1. The van der Waals surface area contributed by atoms with E-state index in [2.05, 4.69) is 42.6 Å². The van der Waals surface area contributed by atoms with Crippen LogP contribution in [0.25, 0.3) is 10.8 Å². The van der Waals surface area contributed by atoms with Crippen LogP contribution in [-0.2, 0) is 0 Å². The maximum Gasteiger partial charge on any atom is 0.338 e. The van der Waals surface area contributed by atoms with Crippen LogP contribution in [0.15, 0.2) is 78.9 Å². The molecule has 2 N–H and O–H groups in total. The molecule has 5 rings (SSSR count). The van der Waals surface area contributed by atoms with Crippen LogP contribution < -0.4 is 15.0 Å². The van der Waals surface area contributed by atoms with E-state index in [0.717, 1.165) is 6.07 Å². The highest BCUT2D eigenvalue weighted by molar-refractivity contribution is 5.90. The van der Waals surface area contributed by atoms with Gasteiger partial charge in [-0.25, -0.2) is 13.6 Å². The first-order valence-corrected chi connectivity index (χ1v) is 11.9. The van der Waals surface area contributed by atoms with Gasteiger partial charge in [-0.1, -0.05) is 54.6 Å². The number of fused-ring (bicyclic) bond motifs is 2. The summed E-state index contributed by atoms with van der Waals surface area (Å²) >= 11 is 0. The van der Waals surface area contributed by atoms with Crippen LogP contribution in [-0.4, -0.2) is 30.3 Å². The number of carboxylic acids is 1. The first kappa shape index (κ1) is 26.4. The van der Waals surface area contributed by atoms with E-state index in [-0.39, 0.29) is 30.2 Å². The molecule has 0 saturated carbocycles. The number of aromatic carboxylic acids is 1. The molecule has 1 aliphatic heterocycles. The predicted molar refractivity (Wildman–Crippen MR) is 143 cm³/mol. The van der Waals surface area contributed by atoms with Gasteiger partial charge >= 0.3 is 5.97 Å². The summed E-state index contributed by atoms with van der Waals surface area (Å²) in [5, 5.41) is 15.3. The summed E-state index contributed by atoms with van der Waals surface area (Å²) in [4.78, 5) is 13.2. The zero-order valence-corrected chi connectivity index (χ0v) is 21.0. The Labute approximate surface area is 220 Å². The van der Waals surface area contributed by atoms with Crippen molar-refractivity contribution in [3.8, 4) is 5.75 Å². The lowest BCUT2D eigenvalue weighted by Gasteiger charge is -2.36. The second kappa shape index (κ2) is 11.2. The van der Waals surface area contributed by atoms with Crippen molar-refractivity contribution >= 4 is 40.5 Å². The predicted octanol–water partition coefficient (Wildman–Crippen LogP) is 6.88. The SMILES string of the molecule is C[C@@H](NCCC1CN(c2cc(F)c(F)c(C(=O)O)c2)c2ccccc2O1)c1cccc2ccccc12.Cl. The van der Waals surface area contributed by atoms with Crippen LogP contribution in [0.1, 0.15) is 35.3 Å². The second-order valence-electron chi connectivity index (χ2n) is 8.95. The molecule has 1 unspecified atom stereocenters. The molecule has 0 aromatic heterocycles. The lowest BCUT2D eigenvalue weighted by molar-refractivity contribution is 0.0690. The Kier molecular flexibility index (Phi) is 7.95. The van der Waals surface area contributed by atoms with E-state index in [1.54, 1.807) is 4.90 Å². The minimum atomic E-state index is -1.52. The maximum absolute atomic E-state index is 14.3. The van der Waals surface area contributed by atoms with E-state index < -0.39 is 23.2 Å². The van der Waals surface area contributed by atoms with Gasteiger partial charge in [0.1, 0.15) is 17.4 Å². The molecule has 0 fully saturated rings. The second-order valence-corrected chi connectivity index (χ2v) is 8.95. The first-order valence-electron chi connectivity index (χ1n) is 11.9. The number of carboxylic acid groups (broad SMARTS) is 1. The van der Waals surface area contributed by atoms with Crippen molar-refractivity contribution < 1.29 is 23.4 Å². The first-order chi connectivity index (χ1) is 17.4. The van der Waals surface area contributed by atoms with Gasteiger partial charge in [0.2, 0.25) is 0 Å². The maximum atomic E-state index is 14.3. The number of anilines is 2. The lowest BCUT2D eigenvalue weighted by atomic mass is 9.99. The third kappa shape index (κ3) is 5.38.